The summed E-state index contributed by atoms with van der Waals surface area (Å²) in [6, 6.07) is 64.5. The standard InChI is InChI=1S/C48H40N2/c1-37-16-28-45(29-17-37)49(43-12-5-3-6-13-43)47-32-24-39(25-33-47)20-22-41-10-9-11-42(36-41)23-21-40-26-34-48(35-27-40)50(44-14-7-4-8-15-44)46-30-18-38(2)19-31-46/h3-36H,1-2H3. The Morgan fingerprint density at radius 3 is 0.940 bits per heavy atom. The maximum Gasteiger partial charge on any atom is 0.0462 e. The van der Waals surface area contributed by atoms with Crippen molar-refractivity contribution in [3.05, 3.63) is 215 Å². The normalized spacial score (nSPS) is 11.2. The number of rotatable bonds is 10. The maximum absolute atomic E-state index is 2.29. The number of benzene rings is 7. The molecule has 2 heteroatoms. The Morgan fingerprint density at radius 2 is 0.580 bits per heavy atom. The van der Waals surface area contributed by atoms with Gasteiger partial charge in [-0.2, -0.15) is 0 Å². The molecule has 0 fully saturated rings. The summed E-state index contributed by atoms with van der Waals surface area (Å²) in [7, 11) is 0. The lowest BCUT2D eigenvalue weighted by Gasteiger charge is -2.25. The Labute approximate surface area is 296 Å². The second-order valence-corrected chi connectivity index (χ2v) is 12.5. The summed E-state index contributed by atoms with van der Waals surface area (Å²) < 4.78 is 0. The van der Waals surface area contributed by atoms with Gasteiger partial charge in [0.25, 0.3) is 0 Å². The largest absolute Gasteiger partial charge is 0.311 e. The summed E-state index contributed by atoms with van der Waals surface area (Å²) in [5.41, 5.74) is 13.9. The van der Waals surface area contributed by atoms with Crippen LogP contribution in [0.4, 0.5) is 34.1 Å². The van der Waals surface area contributed by atoms with Crippen LogP contribution in [0.1, 0.15) is 33.4 Å². The first kappa shape index (κ1) is 32.2. The van der Waals surface area contributed by atoms with E-state index in [1.165, 1.54) is 11.1 Å². The summed E-state index contributed by atoms with van der Waals surface area (Å²) in [6.45, 7) is 4.24. The third-order valence-corrected chi connectivity index (χ3v) is 8.76. The molecule has 0 unspecified atom stereocenters. The summed E-state index contributed by atoms with van der Waals surface area (Å²) in [5.74, 6) is 0. The number of anilines is 6. The summed E-state index contributed by atoms with van der Waals surface area (Å²) >= 11 is 0. The number of hydrogen-bond donors (Lipinski definition) is 0. The van der Waals surface area contributed by atoms with Gasteiger partial charge in [0.2, 0.25) is 0 Å². The van der Waals surface area contributed by atoms with Crippen LogP contribution < -0.4 is 9.80 Å². The molecule has 0 aliphatic carbocycles. The highest BCUT2D eigenvalue weighted by molar-refractivity contribution is 5.80. The van der Waals surface area contributed by atoms with Crippen LogP contribution in [0.2, 0.25) is 0 Å². The van der Waals surface area contributed by atoms with Gasteiger partial charge >= 0.3 is 0 Å². The first-order chi connectivity index (χ1) is 24.6. The van der Waals surface area contributed by atoms with Crippen LogP contribution in [0.5, 0.6) is 0 Å². The average Bonchev–Trinajstić information content (AvgIpc) is 3.17. The van der Waals surface area contributed by atoms with E-state index >= 15 is 0 Å². The lowest BCUT2D eigenvalue weighted by atomic mass is 10.1. The smallest absolute Gasteiger partial charge is 0.0462 e. The van der Waals surface area contributed by atoms with Gasteiger partial charge in [0.05, 0.1) is 0 Å². The Kier molecular flexibility index (Phi) is 9.80. The van der Waals surface area contributed by atoms with Crippen LogP contribution in [0.25, 0.3) is 24.3 Å². The lowest BCUT2D eigenvalue weighted by Crippen LogP contribution is -2.09. The highest BCUT2D eigenvalue weighted by Crippen LogP contribution is 2.36. The zero-order chi connectivity index (χ0) is 34.1. The minimum absolute atomic E-state index is 1.13. The van der Waals surface area contributed by atoms with Crippen LogP contribution in [-0.2, 0) is 0 Å². The molecular weight excluding hydrogens is 605 g/mol. The first-order valence-corrected chi connectivity index (χ1v) is 17.1. The second-order valence-electron chi connectivity index (χ2n) is 12.5. The molecule has 7 aromatic carbocycles. The summed E-state index contributed by atoms with van der Waals surface area (Å²) in [5, 5.41) is 0. The van der Waals surface area contributed by atoms with Crippen LogP contribution in [-0.4, -0.2) is 0 Å². The van der Waals surface area contributed by atoms with Gasteiger partial charge in [-0.3, -0.25) is 0 Å². The zero-order valence-corrected chi connectivity index (χ0v) is 28.5. The molecule has 7 aromatic rings. The van der Waals surface area contributed by atoms with E-state index in [4.69, 9.17) is 0 Å². The topological polar surface area (TPSA) is 6.48 Å². The summed E-state index contributed by atoms with van der Waals surface area (Å²) in [4.78, 5) is 4.58. The molecule has 0 N–H and O–H groups in total. The molecule has 0 spiro atoms. The Balaban J connectivity index is 1.05. The van der Waals surface area contributed by atoms with Crippen molar-refractivity contribution < 1.29 is 0 Å². The molecule has 0 aromatic heterocycles. The van der Waals surface area contributed by atoms with E-state index < -0.39 is 0 Å². The molecule has 0 aliphatic heterocycles. The van der Waals surface area contributed by atoms with Gasteiger partial charge in [-0.05, 0) is 115 Å². The minimum Gasteiger partial charge on any atom is -0.311 e. The lowest BCUT2D eigenvalue weighted by molar-refractivity contribution is 1.27. The van der Waals surface area contributed by atoms with Gasteiger partial charge in [-0.15, -0.1) is 0 Å². The fourth-order valence-corrected chi connectivity index (χ4v) is 6.06. The highest BCUT2D eigenvalue weighted by atomic mass is 15.1. The third kappa shape index (κ3) is 7.84. The fraction of sp³-hybridized carbons (Fsp3) is 0.0417. The van der Waals surface area contributed by atoms with E-state index in [0.29, 0.717) is 0 Å². The molecular formula is C48H40N2. The molecule has 0 radical (unpaired) electrons. The van der Waals surface area contributed by atoms with Crippen molar-refractivity contribution >= 4 is 58.4 Å². The number of hydrogen-bond acceptors (Lipinski definition) is 2. The van der Waals surface area contributed by atoms with Crippen molar-refractivity contribution in [3.8, 4) is 0 Å². The molecule has 0 bridgehead atoms. The fourth-order valence-electron chi connectivity index (χ4n) is 6.06. The quantitative estimate of drug-likeness (QED) is 0.137. The third-order valence-electron chi connectivity index (χ3n) is 8.76. The molecule has 2 nitrogen and oxygen atoms in total. The van der Waals surface area contributed by atoms with Crippen LogP contribution in [0, 0.1) is 13.8 Å². The van der Waals surface area contributed by atoms with Gasteiger partial charge in [0.15, 0.2) is 0 Å². The molecule has 0 saturated carbocycles. The minimum atomic E-state index is 1.13. The molecule has 50 heavy (non-hydrogen) atoms. The van der Waals surface area contributed by atoms with Gasteiger partial charge in [-0.1, -0.05) is 139 Å². The second kappa shape index (κ2) is 15.2. The maximum atomic E-state index is 2.29. The molecule has 0 amide bonds. The molecule has 7 rings (SSSR count). The number of aryl methyl sites for hydroxylation is 2. The van der Waals surface area contributed by atoms with Crippen molar-refractivity contribution in [2.75, 3.05) is 9.80 Å². The van der Waals surface area contributed by atoms with E-state index in [1.807, 2.05) is 0 Å². The predicted molar refractivity (Wildman–Crippen MR) is 216 cm³/mol. The van der Waals surface area contributed by atoms with Crippen molar-refractivity contribution in [1.29, 1.82) is 0 Å². The van der Waals surface area contributed by atoms with Crippen molar-refractivity contribution in [2.24, 2.45) is 0 Å². The molecule has 0 atom stereocenters. The van der Waals surface area contributed by atoms with Crippen LogP contribution >= 0.6 is 0 Å². The first-order valence-electron chi connectivity index (χ1n) is 17.1. The van der Waals surface area contributed by atoms with Crippen molar-refractivity contribution in [1.82, 2.24) is 0 Å². The number of para-hydroxylation sites is 2. The number of nitrogens with zero attached hydrogens (tertiary/aromatic N) is 2. The van der Waals surface area contributed by atoms with Crippen molar-refractivity contribution in [2.45, 2.75) is 13.8 Å². The van der Waals surface area contributed by atoms with E-state index in [-0.39, 0.29) is 0 Å². The molecule has 0 saturated heterocycles. The van der Waals surface area contributed by atoms with E-state index in [1.54, 1.807) is 0 Å². The van der Waals surface area contributed by atoms with Crippen LogP contribution in [0.15, 0.2) is 182 Å². The van der Waals surface area contributed by atoms with Gasteiger partial charge in [0.1, 0.15) is 0 Å². The van der Waals surface area contributed by atoms with Gasteiger partial charge < -0.3 is 9.80 Å². The van der Waals surface area contributed by atoms with Gasteiger partial charge in [-0.25, -0.2) is 0 Å². The van der Waals surface area contributed by atoms with E-state index in [0.717, 1.165) is 56.4 Å². The SMILES string of the molecule is Cc1ccc(N(c2ccccc2)c2ccc(C=Cc3cccc(C=Cc4ccc(N(c5ccccc5)c5ccc(C)cc5)cc4)c3)cc2)cc1. The Bertz CT molecular complexity index is 2020. The van der Waals surface area contributed by atoms with Gasteiger partial charge in [0, 0.05) is 34.1 Å². The van der Waals surface area contributed by atoms with Crippen molar-refractivity contribution in [3.63, 3.8) is 0 Å². The Morgan fingerprint density at radius 1 is 0.280 bits per heavy atom. The molecule has 0 aliphatic rings. The summed E-state index contributed by atoms with van der Waals surface area (Å²) in [6.07, 6.45) is 8.71. The monoisotopic (exact) mass is 644 g/mol. The predicted octanol–water partition coefficient (Wildman–Crippen LogP) is 13.6. The highest BCUT2D eigenvalue weighted by Gasteiger charge is 2.13. The molecule has 242 valence electrons. The van der Waals surface area contributed by atoms with E-state index in [9.17, 15) is 0 Å². The Hall–Kier alpha value is -6.38. The zero-order valence-electron chi connectivity index (χ0n) is 28.5. The van der Waals surface area contributed by atoms with E-state index in [2.05, 4.69) is 230 Å². The van der Waals surface area contributed by atoms with Crippen LogP contribution in [0.3, 0.4) is 0 Å². The molecule has 0 heterocycles. The average molecular weight is 645 g/mol.